The number of rotatable bonds is 12. The zero-order valence-corrected chi connectivity index (χ0v) is 21.7. The summed E-state index contributed by atoms with van der Waals surface area (Å²) in [5.41, 5.74) is 3.47. The highest BCUT2D eigenvalue weighted by molar-refractivity contribution is 6.35. The number of hydrogen-bond acceptors (Lipinski definition) is 5. The molecule has 3 aromatic rings. The van der Waals surface area contributed by atoms with Gasteiger partial charge in [-0.15, -0.1) is 0 Å². The first-order chi connectivity index (χ1) is 17.0. The number of H-pyrrole nitrogens is 1. The SMILES string of the molecule is C/C=C(\N=CCC)c1ccnc(Nc2cc(Cl)c3[nH]c(C(=O)NC(CCC)CCCC)cc3c2)n1. The van der Waals surface area contributed by atoms with Crippen molar-refractivity contribution in [2.45, 2.75) is 72.3 Å². The molecule has 0 fully saturated rings. The number of aromatic amines is 1. The minimum Gasteiger partial charge on any atom is -0.349 e. The third-order valence-corrected chi connectivity index (χ3v) is 5.96. The van der Waals surface area contributed by atoms with Gasteiger partial charge < -0.3 is 15.6 Å². The Morgan fingerprint density at radius 3 is 2.74 bits per heavy atom. The maximum atomic E-state index is 12.9. The summed E-state index contributed by atoms with van der Waals surface area (Å²) >= 11 is 6.56. The lowest BCUT2D eigenvalue weighted by Gasteiger charge is -2.17. The molecule has 0 spiro atoms. The molecular weight excluding hydrogens is 460 g/mol. The van der Waals surface area contributed by atoms with E-state index >= 15 is 0 Å². The van der Waals surface area contributed by atoms with Crippen LogP contribution in [0.1, 0.15) is 82.4 Å². The number of aliphatic imine (C=N–C) groups is 1. The number of hydrogen-bond donors (Lipinski definition) is 3. The van der Waals surface area contributed by atoms with Crippen LogP contribution in [0.4, 0.5) is 11.6 Å². The highest BCUT2D eigenvalue weighted by Gasteiger charge is 2.16. The minimum absolute atomic E-state index is 0.108. The van der Waals surface area contributed by atoms with Crippen molar-refractivity contribution in [2.24, 2.45) is 4.99 Å². The molecule has 3 N–H and O–H groups in total. The molecule has 0 aliphatic carbocycles. The smallest absolute Gasteiger partial charge is 0.267 e. The zero-order chi connectivity index (χ0) is 25.2. The molecule has 0 radical (unpaired) electrons. The van der Waals surface area contributed by atoms with Gasteiger partial charge in [0.05, 0.1) is 21.9 Å². The molecule has 1 aromatic carbocycles. The first kappa shape index (κ1) is 26.4. The number of fused-ring (bicyclic) bond motifs is 1. The van der Waals surface area contributed by atoms with Crippen molar-refractivity contribution < 1.29 is 4.79 Å². The minimum atomic E-state index is -0.108. The normalized spacial score (nSPS) is 12.9. The Morgan fingerprint density at radius 1 is 1.20 bits per heavy atom. The lowest BCUT2D eigenvalue weighted by Crippen LogP contribution is -2.34. The molecule has 2 heterocycles. The summed E-state index contributed by atoms with van der Waals surface area (Å²) in [5.74, 6) is 0.333. The van der Waals surface area contributed by atoms with Gasteiger partial charge in [-0.2, -0.15) is 0 Å². The van der Waals surface area contributed by atoms with Crippen molar-refractivity contribution in [1.29, 1.82) is 0 Å². The fourth-order valence-electron chi connectivity index (χ4n) is 3.91. The van der Waals surface area contributed by atoms with Crippen LogP contribution >= 0.6 is 11.6 Å². The van der Waals surface area contributed by atoms with Gasteiger partial charge in [0.15, 0.2) is 0 Å². The highest BCUT2D eigenvalue weighted by Crippen LogP contribution is 2.29. The van der Waals surface area contributed by atoms with Crippen molar-refractivity contribution in [3.8, 4) is 0 Å². The van der Waals surface area contributed by atoms with E-state index in [0.29, 0.717) is 16.7 Å². The molecule has 35 heavy (non-hydrogen) atoms. The Hall–Kier alpha value is -3.19. The third kappa shape index (κ3) is 7.15. The monoisotopic (exact) mass is 494 g/mol. The van der Waals surface area contributed by atoms with Gasteiger partial charge in [-0.3, -0.25) is 9.79 Å². The van der Waals surface area contributed by atoms with Crippen molar-refractivity contribution in [3.05, 3.63) is 52.9 Å². The predicted molar refractivity (Wildman–Crippen MR) is 147 cm³/mol. The lowest BCUT2D eigenvalue weighted by atomic mass is 10.1. The van der Waals surface area contributed by atoms with Crippen LogP contribution in [0.25, 0.3) is 16.6 Å². The standard InChI is InChI=1S/C27H35ClN6O/c1-5-9-11-19(10-6-2)31-26(35)24-16-18-15-20(17-21(28)25(18)33-24)32-27-30-14-12-23(34-27)22(8-4)29-13-7-3/h8,12-17,19,33H,5-7,9-11H2,1-4H3,(H,31,35)(H,30,32,34)/b22-8-,29-13?. The molecule has 186 valence electrons. The summed E-state index contributed by atoms with van der Waals surface area (Å²) in [6, 6.07) is 7.56. The number of unbranched alkanes of at least 4 members (excludes halogenated alkanes) is 1. The van der Waals surface area contributed by atoms with Crippen molar-refractivity contribution in [1.82, 2.24) is 20.3 Å². The van der Waals surface area contributed by atoms with E-state index in [9.17, 15) is 4.79 Å². The predicted octanol–water partition coefficient (Wildman–Crippen LogP) is 7.29. The molecule has 0 bridgehead atoms. The number of anilines is 2. The Morgan fingerprint density at radius 2 is 2.03 bits per heavy atom. The summed E-state index contributed by atoms with van der Waals surface area (Å²) in [6.07, 6.45) is 11.5. The Bertz CT molecular complexity index is 1200. The van der Waals surface area contributed by atoms with E-state index in [1.54, 1.807) is 12.3 Å². The summed E-state index contributed by atoms with van der Waals surface area (Å²) in [4.78, 5) is 29.5. The van der Waals surface area contributed by atoms with Crippen molar-refractivity contribution in [2.75, 3.05) is 5.32 Å². The highest BCUT2D eigenvalue weighted by atomic mass is 35.5. The maximum Gasteiger partial charge on any atom is 0.267 e. The summed E-state index contributed by atoms with van der Waals surface area (Å²) in [6.45, 7) is 8.27. The van der Waals surface area contributed by atoms with Gasteiger partial charge in [0.25, 0.3) is 5.91 Å². The quantitative estimate of drug-likeness (QED) is 0.230. The molecular formula is C27H35ClN6O. The number of carbonyl (C=O) groups is 1. The van der Waals surface area contributed by atoms with E-state index in [1.165, 1.54) is 0 Å². The fraction of sp³-hybridized carbons (Fsp3) is 0.407. The van der Waals surface area contributed by atoms with Crippen LogP contribution in [0, 0.1) is 0 Å². The molecule has 7 nitrogen and oxygen atoms in total. The molecule has 1 unspecified atom stereocenters. The van der Waals surface area contributed by atoms with E-state index in [0.717, 1.165) is 66.5 Å². The van der Waals surface area contributed by atoms with Gasteiger partial charge >= 0.3 is 0 Å². The lowest BCUT2D eigenvalue weighted by molar-refractivity contribution is 0.0928. The first-order valence-corrected chi connectivity index (χ1v) is 12.8. The molecule has 0 aliphatic rings. The number of aromatic nitrogens is 3. The van der Waals surface area contributed by atoms with Crippen molar-refractivity contribution in [3.63, 3.8) is 0 Å². The van der Waals surface area contributed by atoms with Gasteiger partial charge in [0, 0.05) is 29.5 Å². The maximum absolute atomic E-state index is 12.9. The number of amides is 1. The molecule has 1 amide bonds. The van der Waals surface area contributed by atoms with Crippen LogP contribution in [0.3, 0.4) is 0 Å². The van der Waals surface area contributed by atoms with E-state index in [1.807, 2.05) is 44.3 Å². The number of carbonyl (C=O) groups excluding carboxylic acids is 1. The van der Waals surface area contributed by atoms with E-state index in [-0.39, 0.29) is 11.9 Å². The molecule has 2 aromatic heterocycles. The first-order valence-electron chi connectivity index (χ1n) is 12.4. The number of nitrogens with one attached hydrogen (secondary N) is 3. The second-order valence-electron chi connectivity index (χ2n) is 8.49. The Labute approximate surface area is 212 Å². The second-order valence-corrected chi connectivity index (χ2v) is 8.90. The second kappa shape index (κ2) is 13.0. The molecule has 0 saturated carbocycles. The third-order valence-electron chi connectivity index (χ3n) is 5.66. The summed E-state index contributed by atoms with van der Waals surface area (Å²) in [5, 5.41) is 7.75. The van der Waals surface area contributed by atoms with Gasteiger partial charge in [0.2, 0.25) is 5.95 Å². The molecule has 0 aliphatic heterocycles. The van der Waals surface area contributed by atoms with E-state index in [2.05, 4.69) is 44.4 Å². The summed E-state index contributed by atoms with van der Waals surface area (Å²) in [7, 11) is 0. The summed E-state index contributed by atoms with van der Waals surface area (Å²) < 4.78 is 0. The molecule has 0 saturated heterocycles. The van der Waals surface area contributed by atoms with Gasteiger partial charge in [-0.25, -0.2) is 9.97 Å². The Balaban J connectivity index is 1.81. The van der Waals surface area contributed by atoms with Crippen LogP contribution in [-0.4, -0.2) is 33.1 Å². The topological polar surface area (TPSA) is 95.1 Å². The molecule has 8 heteroatoms. The average Bonchev–Trinajstić information content (AvgIpc) is 3.28. The van der Waals surface area contributed by atoms with Crippen LogP contribution < -0.4 is 10.6 Å². The van der Waals surface area contributed by atoms with Gasteiger partial charge in [-0.1, -0.05) is 57.7 Å². The average molecular weight is 495 g/mol. The largest absolute Gasteiger partial charge is 0.349 e. The number of nitrogens with zero attached hydrogens (tertiary/aromatic N) is 3. The van der Waals surface area contributed by atoms with Gasteiger partial charge in [-0.05, 0) is 50.5 Å². The van der Waals surface area contributed by atoms with Crippen LogP contribution in [0.5, 0.6) is 0 Å². The zero-order valence-electron chi connectivity index (χ0n) is 21.0. The number of halogens is 1. The van der Waals surface area contributed by atoms with Crippen LogP contribution in [0.15, 0.2) is 41.5 Å². The van der Waals surface area contributed by atoms with Crippen LogP contribution in [0.2, 0.25) is 5.02 Å². The van der Waals surface area contributed by atoms with Crippen LogP contribution in [-0.2, 0) is 0 Å². The molecule has 3 rings (SSSR count). The van der Waals surface area contributed by atoms with Crippen molar-refractivity contribution >= 4 is 52.0 Å². The number of allylic oxidation sites excluding steroid dienone is 1. The Kier molecular flexibility index (Phi) is 9.85. The van der Waals surface area contributed by atoms with Gasteiger partial charge in [0.1, 0.15) is 5.69 Å². The molecule has 1 atom stereocenters. The number of benzene rings is 1. The fourth-order valence-corrected chi connectivity index (χ4v) is 4.19. The van der Waals surface area contributed by atoms with E-state index in [4.69, 9.17) is 11.6 Å². The van der Waals surface area contributed by atoms with E-state index < -0.39 is 0 Å².